The van der Waals surface area contributed by atoms with Crippen molar-refractivity contribution in [1.82, 2.24) is 19.2 Å². The summed E-state index contributed by atoms with van der Waals surface area (Å²) in [4.78, 5) is 27.3. The topological polar surface area (TPSA) is 86.7 Å². The molecule has 1 fully saturated rings. The molecular formula is C22H27N5O3S2. The van der Waals surface area contributed by atoms with E-state index in [1.165, 1.54) is 10.4 Å². The third-order valence-corrected chi connectivity index (χ3v) is 8.86. The number of fused-ring (bicyclic) bond motifs is 1. The summed E-state index contributed by atoms with van der Waals surface area (Å²) in [5.74, 6) is -0.135. The first kappa shape index (κ1) is 22.6. The molecule has 1 aliphatic rings. The fourth-order valence-electron chi connectivity index (χ4n) is 3.87. The molecule has 0 spiro atoms. The molecule has 0 saturated carbocycles. The number of amides is 1. The lowest BCUT2D eigenvalue weighted by Crippen LogP contribution is -2.49. The Labute approximate surface area is 192 Å². The van der Waals surface area contributed by atoms with Gasteiger partial charge in [0.25, 0.3) is 5.91 Å². The van der Waals surface area contributed by atoms with Crippen molar-refractivity contribution in [2.75, 3.05) is 44.2 Å². The Hall–Kier alpha value is -2.56. The number of anilines is 1. The van der Waals surface area contributed by atoms with Crippen molar-refractivity contribution in [2.24, 2.45) is 0 Å². The van der Waals surface area contributed by atoms with Gasteiger partial charge in [-0.3, -0.25) is 4.79 Å². The fourth-order valence-corrected chi connectivity index (χ4v) is 6.31. The summed E-state index contributed by atoms with van der Waals surface area (Å²) >= 11 is 1.55. The zero-order valence-electron chi connectivity index (χ0n) is 18.5. The van der Waals surface area contributed by atoms with Crippen molar-refractivity contribution in [3.8, 4) is 0 Å². The number of pyridine rings is 1. The first-order valence-corrected chi connectivity index (χ1v) is 13.0. The fraction of sp³-hybridized carbons (Fsp3) is 0.409. The lowest BCUT2D eigenvalue weighted by molar-refractivity contribution is 0.0746. The number of sulfonamides is 1. The van der Waals surface area contributed by atoms with Crippen LogP contribution in [0.1, 0.15) is 29.8 Å². The maximum absolute atomic E-state index is 13.3. The Kier molecular flexibility index (Phi) is 6.45. The average Bonchev–Trinajstić information content (AvgIpc) is 3.24. The zero-order chi connectivity index (χ0) is 22.9. The SMILES string of the molecule is CCN(CC)S(=O)(=O)c1ccc(C)c(C(=O)N2CCN(c3nc4cccnc4s3)CC2)c1. The Morgan fingerprint density at radius 2 is 1.84 bits per heavy atom. The Morgan fingerprint density at radius 1 is 1.12 bits per heavy atom. The second kappa shape index (κ2) is 9.13. The second-order valence-electron chi connectivity index (χ2n) is 7.67. The molecule has 1 aliphatic heterocycles. The van der Waals surface area contributed by atoms with Gasteiger partial charge in [-0.1, -0.05) is 31.3 Å². The minimum atomic E-state index is -3.62. The summed E-state index contributed by atoms with van der Waals surface area (Å²) in [5.41, 5.74) is 2.09. The molecule has 3 heterocycles. The standard InChI is InChI=1S/C22H27N5O3S2/c1-4-27(5-2)32(29,30)17-9-8-16(3)18(15-17)21(28)25-11-13-26(14-12-25)22-24-19-7-6-10-23-20(19)31-22/h6-10,15H,4-5,11-14H2,1-3H3. The zero-order valence-corrected chi connectivity index (χ0v) is 20.1. The van der Waals surface area contributed by atoms with Crippen molar-refractivity contribution in [1.29, 1.82) is 0 Å². The number of hydrogen-bond donors (Lipinski definition) is 0. The minimum Gasteiger partial charge on any atom is -0.344 e. The average molecular weight is 474 g/mol. The summed E-state index contributed by atoms with van der Waals surface area (Å²) in [5, 5.41) is 0.911. The number of aryl methyl sites for hydroxylation is 1. The second-order valence-corrected chi connectivity index (χ2v) is 10.6. The maximum atomic E-state index is 13.3. The third-order valence-electron chi connectivity index (χ3n) is 5.78. The van der Waals surface area contributed by atoms with E-state index < -0.39 is 10.0 Å². The van der Waals surface area contributed by atoms with Crippen LogP contribution in [-0.4, -0.2) is 72.8 Å². The molecule has 1 saturated heterocycles. The van der Waals surface area contributed by atoms with Gasteiger partial charge in [-0.25, -0.2) is 18.4 Å². The van der Waals surface area contributed by atoms with Crippen LogP contribution in [0.15, 0.2) is 41.4 Å². The van der Waals surface area contributed by atoms with Gasteiger partial charge >= 0.3 is 0 Å². The lowest BCUT2D eigenvalue weighted by atomic mass is 10.1. The molecule has 1 amide bonds. The summed E-state index contributed by atoms with van der Waals surface area (Å²) in [6, 6.07) is 8.65. The molecule has 10 heteroatoms. The largest absolute Gasteiger partial charge is 0.344 e. The van der Waals surface area contributed by atoms with E-state index in [9.17, 15) is 13.2 Å². The van der Waals surface area contributed by atoms with Gasteiger partial charge in [0.15, 0.2) is 5.13 Å². The van der Waals surface area contributed by atoms with E-state index in [0.717, 1.165) is 21.0 Å². The number of carbonyl (C=O) groups excluding carboxylic acids is 1. The van der Waals surface area contributed by atoms with Gasteiger partial charge in [-0.2, -0.15) is 4.31 Å². The van der Waals surface area contributed by atoms with Gasteiger partial charge in [-0.15, -0.1) is 0 Å². The Morgan fingerprint density at radius 3 is 2.50 bits per heavy atom. The highest BCUT2D eigenvalue weighted by Gasteiger charge is 2.27. The van der Waals surface area contributed by atoms with Crippen molar-refractivity contribution in [2.45, 2.75) is 25.7 Å². The van der Waals surface area contributed by atoms with Crippen molar-refractivity contribution in [3.05, 3.63) is 47.7 Å². The van der Waals surface area contributed by atoms with E-state index >= 15 is 0 Å². The van der Waals surface area contributed by atoms with E-state index in [4.69, 9.17) is 0 Å². The summed E-state index contributed by atoms with van der Waals surface area (Å²) in [6.07, 6.45) is 1.76. The molecule has 0 radical (unpaired) electrons. The minimum absolute atomic E-state index is 0.135. The molecule has 1 aromatic carbocycles. The molecule has 4 rings (SSSR count). The smallest absolute Gasteiger partial charge is 0.254 e. The molecule has 2 aromatic heterocycles. The van der Waals surface area contributed by atoms with Crippen LogP contribution in [0.5, 0.6) is 0 Å². The highest BCUT2D eigenvalue weighted by atomic mass is 32.2. The highest BCUT2D eigenvalue weighted by Crippen LogP contribution is 2.28. The van der Waals surface area contributed by atoms with Crippen LogP contribution >= 0.6 is 11.3 Å². The van der Waals surface area contributed by atoms with Crippen molar-refractivity contribution in [3.63, 3.8) is 0 Å². The summed E-state index contributed by atoms with van der Waals surface area (Å²) < 4.78 is 27.2. The number of hydrogen-bond acceptors (Lipinski definition) is 7. The number of piperazine rings is 1. The first-order chi connectivity index (χ1) is 15.3. The van der Waals surface area contributed by atoms with Crippen molar-refractivity contribution >= 4 is 42.7 Å². The van der Waals surface area contributed by atoms with Crippen molar-refractivity contribution < 1.29 is 13.2 Å². The van der Waals surface area contributed by atoms with Gasteiger partial charge in [-0.05, 0) is 36.8 Å². The molecule has 3 aromatic rings. The van der Waals surface area contributed by atoms with Gasteiger partial charge < -0.3 is 9.80 Å². The Balaban J connectivity index is 1.50. The van der Waals surface area contributed by atoms with Crippen LogP contribution in [0.25, 0.3) is 10.3 Å². The van der Waals surface area contributed by atoms with Crippen LogP contribution in [0.2, 0.25) is 0 Å². The van der Waals surface area contributed by atoms with Gasteiger partial charge in [0, 0.05) is 51.0 Å². The molecular weight excluding hydrogens is 446 g/mol. The number of aromatic nitrogens is 2. The van der Waals surface area contributed by atoms with Crippen LogP contribution in [0.4, 0.5) is 5.13 Å². The van der Waals surface area contributed by atoms with Gasteiger partial charge in [0.05, 0.1) is 4.90 Å². The predicted molar refractivity (Wildman–Crippen MR) is 127 cm³/mol. The van der Waals surface area contributed by atoms with Crippen LogP contribution in [0, 0.1) is 6.92 Å². The van der Waals surface area contributed by atoms with E-state index in [1.54, 1.807) is 34.6 Å². The quantitative estimate of drug-likeness (QED) is 0.547. The lowest BCUT2D eigenvalue weighted by Gasteiger charge is -2.34. The number of benzene rings is 1. The van der Waals surface area contributed by atoms with Crippen LogP contribution < -0.4 is 4.90 Å². The maximum Gasteiger partial charge on any atom is 0.254 e. The molecule has 0 aliphatic carbocycles. The molecule has 0 bridgehead atoms. The van der Waals surface area contributed by atoms with Gasteiger partial charge in [0.1, 0.15) is 10.3 Å². The van der Waals surface area contributed by atoms with E-state index in [1.807, 2.05) is 32.9 Å². The number of carbonyl (C=O) groups is 1. The van der Waals surface area contributed by atoms with E-state index in [0.29, 0.717) is 44.8 Å². The summed E-state index contributed by atoms with van der Waals surface area (Å²) in [6.45, 7) is 8.67. The normalized spacial score (nSPS) is 15.0. The third kappa shape index (κ3) is 4.22. The molecule has 32 heavy (non-hydrogen) atoms. The monoisotopic (exact) mass is 473 g/mol. The Bertz CT molecular complexity index is 1200. The number of nitrogens with zero attached hydrogens (tertiary/aromatic N) is 5. The molecule has 8 nitrogen and oxygen atoms in total. The van der Waals surface area contributed by atoms with Crippen LogP contribution in [-0.2, 0) is 10.0 Å². The molecule has 0 unspecified atom stereocenters. The van der Waals surface area contributed by atoms with Gasteiger partial charge in [0.2, 0.25) is 10.0 Å². The molecule has 170 valence electrons. The van der Waals surface area contributed by atoms with E-state index in [-0.39, 0.29) is 10.8 Å². The number of rotatable bonds is 6. The predicted octanol–water partition coefficient (Wildman–Crippen LogP) is 2.99. The first-order valence-electron chi connectivity index (χ1n) is 10.7. The molecule has 0 N–H and O–H groups in total. The number of thiazole rings is 1. The van der Waals surface area contributed by atoms with Crippen LogP contribution in [0.3, 0.4) is 0 Å². The highest BCUT2D eigenvalue weighted by molar-refractivity contribution is 7.89. The van der Waals surface area contributed by atoms with E-state index in [2.05, 4.69) is 14.9 Å². The molecule has 0 atom stereocenters. The summed E-state index contributed by atoms with van der Waals surface area (Å²) in [7, 11) is -3.62.